The summed E-state index contributed by atoms with van der Waals surface area (Å²) in [7, 11) is 2.17. The summed E-state index contributed by atoms with van der Waals surface area (Å²) in [5.41, 5.74) is 3.40. The number of benzene rings is 2. The fraction of sp³-hybridized carbons (Fsp3) is 0.263. The highest BCUT2D eigenvalue weighted by Gasteiger charge is 2.15. The van der Waals surface area contributed by atoms with Crippen molar-refractivity contribution in [2.75, 3.05) is 38.1 Å². The normalized spacial score (nSPS) is 16.2. The fourth-order valence-electron chi connectivity index (χ4n) is 3.20. The van der Waals surface area contributed by atoms with Gasteiger partial charge in [-0.2, -0.15) is 0 Å². The molecule has 0 saturated carbocycles. The fourth-order valence-corrected chi connectivity index (χ4v) is 3.20. The molecule has 1 fully saturated rings. The van der Waals surface area contributed by atoms with Crippen LogP contribution in [0.1, 0.15) is 0 Å². The Morgan fingerprint density at radius 1 is 0.826 bits per heavy atom. The third kappa shape index (κ3) is 2.70. The van der Waals surface area contributed by atoms with Crippen molar-refractivity contribution >= 4 is 16.6 Å². The average molecular weight is 309 g/mol. The summed E-state index contributed by atoms with van der Waals surface area (Å²) in [6.07, 6.45) is 2.05. The van der Waals surface area contributed by atoms with Crippen LogP contribution in [0.5, 0.6) is 0 Å². The van der Waals surface area contributed by atoms with Gasteiger partial charge in [-0.15, -0.1) is 0 Å². The van der Waals surface area contributed by atoms with Crippen molar-refractivity contribution in [2.24, 2.45) is 0 Å². The maximum atomic E-state index is 13.2. The zero-order chi connectivity index (χ0) is 15.8. The van der Waals surface area contributed by atoms with Gasteiger partial charge in [-0.1, -0.05) is 6.07 Å². The van der Waals surface area contributed by atoms with Crippen LogP contribution in [0.25, 0.3) is 16.6 Å². The predicted molar refractivity (Wildman–Crippen MR) is 92.9 cm³/mol. The summed E-state index contributed by atoms with van der Waals surface area (Å²) in [5.74, 6) is -0.205. The van der Waals surface area contributed by atoms with E-state index in [0.717, 1.165) is 37.4 Å². The molecule has 0 aliphatic carbocycles. The van der Waals surface area contributed by atoms with Crippen LogP contribution < -0.4 is 4.90 Å². The monoisotopic (exact) mass is 309 g/mol. The third-order valence-corrected chi connectivity index (χ3v) is 4.65. The molecule has 4 rings (SSSR count). The molecule has 4 heteroatoms. The van der Waals surface area contributed by atoms with E-state index in [9.17, 15) is 4.39 Å². The van der Waals surface area contributed by atoms with Gasteiger partial charge in [-0.25, -0.2) is 4.39 Å². The summed E-state index contributed by atoms with van der Waals surface area (Å²) >= 11 is 0. The first kappa shape index (κ1) is 14.3. The molecule has 1 aliphatic heterocycles. The number of hydrogen-bond acceptors (Lipinski definition) is 2. The highest BCUT2D eigenvalue weighted by Crippen LogP contribution is 2.26. The highest BCUT2D eigenvalue weighted by molar-refractivity contribution is 5.85. The second-order valence-electron chi connectivity index (χ2n) is 6.20. The predicted octanol–water partition coefficient (Wildman–Crippen LogP) is 3.52. The molecule has 1 aliphatic rings. The lowest BCUT2D eigenvalue weighted by Crippen LogP contribution is -2.44. The summed E-state index contributed by atoms with van der Waals surface area (Å²) in [4.78, 5) is 4.79. The van der Waals surface area contributed by atoms with Crippen molar-refractivity contribution in [1.82, 2.24) is 9.47 Å². The Morgan fingerprint density at radius 3 is 2.26 bits per heavy atom. The second-order valence-corrected chi connectivity index (χ2v) is 6.20. The lowest BCUT2D eigenvalue weighted by molar-refractivity contribution is 0.313. The topological polar surface area (TPSA) is 11.4 Å². The van der Waals surface area contributed by atoms with E-state index in [0.29, 0.717) is 0 Å². The molecular weight excluding hydrogens is 289 g/mol. The van der Waals surface area contributed by atoms with Gasteiger partial charge in [0.15, 0.2) is 0 Å². The number of nitrogens with zero attached hydrogens (tertiary/aromatic N) is 3. The largest absolute Gasteiger partial charge is 0.369 e. The van der Waals surface area contributed by atoms with Gasteiger partial charge in [-0.3, -0.25) is 0 Å². The van der Waals surface area contributed by atoms with Crippen molar-refractivity contribution in [2.45, 2.75) is 0 Å². The SMILES string of the molecule is CN1CCN(c2ccc3ccn(-c4ccc(F)cc4)c3c2)CC1. The van der Waals surface area contributed by atoms with Gasteiger partial charge in [0.05, 0.1) is 5.52 Å². The van der Waals surface area contributed by atoms with Crippen LogP contribution in [0, 0.1) is 5.82 Å². The Balaban J connectivity index is 1.73. The van der Waals surface area contributed by atoms with E-state index in [1.165, 1.54) is 23.2 Å². The lowest BCUT2D eigenvalue weighted by atomic mass is 10.2. The van der Waals surface area contributed by atoms with Crippen LogP contribution in [0.15, 0.2) is 54.7 Å². The van der Waals surface area contributed by atoms with Gasteiger partial charge < -0.3 is 14.4 Å². The highest BCUT2D eigenvalue weighted by atomic mass is 19.1. The van der Waals surface area contributed by atoms with E-state index in [2.05, 4.69) is 45.7 Å². The van der Waals surface area contributed by atoms with Crippen LogP contribution >= 0.6 is 0 Å². The maximum Gasteiger partial charge on any atom is 0.123 e. The van der Waals surface area contributed by atoms with E-state index in [4.69, 9.17) is 0 Å². The van der Waals surface area contributed by atoms with Gasteiger partial charge in [0, 0.05) is 49.1 Å². The maximum absolute atomic E-state index is 13.2. The van der Waals surface area contributed by atoms with E-state index < -0.39 is 0 Å². The van der Waals surface area contributed by atoms with Crippen molar-refractivity contribution in [3.63, 3.8) is 0 Å². The number of likely N-dealkylation sites (N-methyl/N-ethyl adjacent to an activating group) is 1. The molecule has 2 heterocycles. The van der Waals surface area contributed by atoms with E-state index in [1.54, 1.807) is 0 Å². The minimum absolute atomic E-state index is 0.205. The second kappa shape index (κ2) is 5.70. The Hall–Kier alpha value is -2.33. The summed E-state index contributed by atoms with van der Waals surface area (Å²) in [5, 5.41) is 1.20. The van der Waals surface area contributed by atoms with Crippen LogP contribution in [0.3, 0.4) is 0 Å². The molecule has 0 bridgehead atoms. The molecule has 3 aromatic rings. The lowest BCUT2D eigenvalue weighted by Gasteiger charge is -2.34. The molecule has 3 nitrogen and oxygen atoms in total. The first-order valence-electron chi connectivity index (χ1n) is 8.01. The van der Waals surface area contributed by atoms with Gasteiger partial charge >= 0.3 is 0 Å². The van der Waals surface area contributed by atoms with Gasteiger partial charge in [0.25, 0.3) is 0 Å². The van der Waals surface area contributed by atoms with Crippen LogP contribution in [0.4, 0.5) is 10.1 Å². The quantitative estimate of drug-likeness (QED) is 0.717. The number of aromatic nitrogens is 1. The smallest absolute Gasteiger partial charge is 0.123 e. The summed E-state index contributed by atoms with van der Waals surface area (Å²) in [6.45, 7) is 4.30. The Morgan fingerprint density at radius 2 is 1.52 bits per heavy atom. The van der Waals surface area contributed by atoms with Crippen molar-refractivity contribution in [3.05, 3.63) is 60.5 Å². The number of anilines is 1. The van der Waals surface area contributed by atoms with E-state index >= 15 is 0 Å². The van der Waals surface area contributed by atoms with Crippen molar-refractivity contribution in [1.29, 1.82) is 0 Å². The van der Waals surface area contributed by atoms with Crippen molar-refractivity contribution < 1.29 is 4.39 Å². The number of piperazine rings is 1. The minimum atomic E-state index is -0.205. The molecule has 1 saturated heterocycles. The Kier molecular flexibility index (Phi) is 3.54. The van der Waals surface area contributed by atoms with Gasteiger partial charge in [0.1, 0.15) is 5.82 Å². The number of fused-ring (bicyclic) bond motifs is 1. The molecule has 1 aromatic heterocycles. The number of halogens is 1. The molecule has 0 N–H and O–H groups in total. The Labute approximate surface area is 135 Å². The standard InChI is InChI=1S/C19H20FN3/c1-21-10-12-22(13-11-21)18-5-2-15-8-9-23(19(15)14-18)17-6-3-16(20)4-7-17/h2-9,14H,10-13H2,1H3. The first-order chi connectivity index (χ1) is 11.2. The number of rotatable bonds is 2. The van der Waals surface area contributed by atoms with Gasteiger partial charge in [0.2, 0.25) is 0 Å². The van der Waals surface area contributed by atoms with Crippen LogP contribution in [-0.4, -0.2) is 42.7 Å². The average Bonchev–Trinajstić information content (AvgIpc) is 2.99. The van der Waals surface area contributed by atoms with E-state index in [1.807, 2.05) is 18.3 Å². The van der Waals surface area contributed by atoms with E-state index in [-0.39, 0.29) is 5.82 Å². The molecule has 0 unspecified atom stereocenters. The number of hydrogen-bond donors (Lipinski definition) is 0. The minimum Gasteiger partial charge on any atom is -0.369 e. The van der Waals surface area contributed by atoms with Crippen LogP contribution in [0.2, 0.25) is 0 Å². The zero-order valence-corrected chi connectivity index (χ0v) is 13.2. The molecular formula is C19H20FN3. The molecule has 118 valence electrons. The van der Waals surface area contributed by atoms with Crippen molar-refractivity contribution in [3.8, 4) is 5.69 Å². The molecule has 0 atom stereocenters. The first-order valence-corrected chi connectivity index (χ1v) is 8.01. The molecule has 2 aromatic carbocycles. The molecule has 0 radical (unpaired) electrons. The summed E-state index contributed by atoms with van der Waals surface area (Å²) < 4.78 is 15.3. The Bertz CT molecular complexity index is 814. The third-order valence-electron chi connectivity index (χ3n) is 4.65. The molecule has 23 heavy (non-hydrogen) atoms. The van der Waals surface area contributed by atoms with Gasteiger partial charge in [-0.05, 0) is 49.5 Å². The zero-order valence-electron chi connectivity index (χ0n) is 13.2. The molecule has 0 spiro atoms. The summed E-state index contributed by atoms with van der Waals surface area (Å²) in [6, 6.07) is 15.4. The van der Waals surface area contributed by atoms with Crippen LogP contribution in [-0.2, 0) is 0 Å². The molecule has 0 amide bonds.